The molecule has 0 aliphatic rings. The maximum atomic E-state index is 12.2. The van der Waals surface area contributed by atoms with Crippen molar-refractivity contribution in [1.82, 2.24) is 5.32 Å². The van der Waals surface area contributed by atoms with E-state index in [0.717, 1.165) is 27.7 Å². The Morgan fingerprint density at radius 1 is 1.04 bits per heavy atom. The minimum absolute atomic E-state index is 0.00506. The molecule has 0 heterocycles. The Morgan fingerprint density at radius 2 is 1.79 bits per heavy atom. The third kappa shape index (κ3) is 4.91. The van der Waals surface area contributed by atoms with E-state index in [0.29, 0.717) is 28.8 Å². The summed E-state index contributed by atoms with van der Waals surface area (Å²) in [4.78, 5) is 13.3. The molecule has 0 radical (unpaired) electrons. The van der Waals surface area contributed by atoms with Crippen LogP contribution in [0, 0.1) is 0 Å². The molecule has 0 saturated carbocycles. The number of ether oxygens (including phenoxy) is 2. The molecule has 146 valence electrons. The van der Waals surface area contributed by atoms with E-state index in [9.17, 15) is 4.79 Å². The van der Waals surface area contributed by atoms with Crippen LogP contribution >= 0.6 is 23.4 Å². The summed E-state index contributed by atoms with van der Waals surface area (Å²) >= 11 is 7.84. The zero-order valence-electron chi connectivity index (χ0n) is 15.8. The molecule has 0 unspecified atom stereocenters. The molecule has 1 N–H and O–H groups in total. The molecule has 6 heteroatoms. The topological polar surface area (TPSA) is 47.6 Å². The molecule has 0 aliphatic heterocycles. The summed E-state index contributed by atoms with van der Waals surface area (Å²) in [6.07, 6.45) is 0.719. The minimum atomic E-state index is -0.00506. The van der Waals surface area contributed by atoms with Crippen molar-refractivity contribution in [1.29, 1.82) is 0 Å². The number of halogens is 1. The first-order valence-corrected chi connectivity index (χ1v) is 10.3. The van der Waals surface area contributed by atoms with Gasteiger partial charge in [0.1, 0.15) is 0 Å². The van der Waals surface area contributed by atoms with Crippen LogP contribution in [0.25, 0.3) is 10.8 Å². The predicted octanol–water partition coefficient (Wildman–Crippen LogP) is 4.96. The van der Waals surface area contributed by atoms with Gasteiger partial charge < -0.3 is 14.8 Å². The molecule has 3 rings (SSSR count). The second-order valence-corrected chi connectivity index (χ2v) is 7.60. The Balaban J connectivity index is 1.53. The van der Waals surface area contributed by atoms with E-state index in [1.807, 2.05) is 54.6 Å². The van der Waals surface area contributed by atoms with Crippen LogP contribution < -0.4 is 14.8 Å². The number of amides is 1. The number of hydrogen-bond acceptors (Lipinski definition) is 4. The highest BCUT2D eigenvalue weighted by Crippen LogP contribution is 2.33. The van der Waals surface area contributed by atoms with Gasteiger partial charge in [0.25, 0.3) is 0 Å². The fourth-order valence-electron chi connectivity index (χ4n) is 2.96. The molecule has 3 aromatic rings. The van der Waals surface area contributed by atoms with Gasteiger partial charge in [-0.1, -0.05) is 41.9 Å². The first kappa shape index (κ1) is 20.4. The number of carbonyl (C=O) groups excluding carboxylic acids is 1. The van der Waals surface area contributed by atoms with Gasteiger partial charge in [0.05, 0.1) is 20.0 Å². The number of rotatable bonds is 8. The number of carbonyl (C=O) groups is 1. The molecule has 0 atom stereocenters. The number of fused-ring (bicyclic) bond motifs is 1. The van der Waals surface area contributed by atoms with Crippen LogP contribution in [-0.2, 0) is 11.2 Å². The van der Waals surface area contributed by atoms with Gasteiger partial charge in [0.15, 0.2) is 11.5 Å². The van der Waals surface area contributed by atoms with E-state index < -0.39 is 0 Å². The molecule has 28 heavy (non-hydrogen) atoms. The van der Waals surface area contributed by atoms with E-state index in [2.05, 4.69) is 5.32 Å². The molecule has 0 fully saturated rings. The van der Waals surface area contributed by atoms with Crippen LogP contribution in [0.1, 0.15) is 5.56 Å². The smallest absolute Gasteiger partial charge is 0.230 e. The average molecular weight is 416 g/mol. The lowest BCUT2D eigenvalue weighted by atomic mass is 10.1. The minimum Gasteiger partial charge on any atom is -0.493 e. The highest BCUT2D eigenvalue weighted by Gasteiger charge is 2.09. The van der Waals surface area contributed by atoms with Crippen molar-refractivity contribution in [3.05, 3.63) is 65.2 Å². The van der Waals surface area contributed by atoms with Crippen LogP contribution in [0.4, 0.5) is 0 Å². The van der Waals surface area contributed by atoms with Gasteiger partial charge in [-0.2, -0.15) is 0 Å². The lowest BCUT2D eigenvalue weighted by molar-refractivity contribution is -0.118. The molecule has 0 saturated heterocycles. The van der Waals surface area contributed by atoms with Gasteiger partial charge in [0.2, 0.25) is 5.91 Å². The lowest BCUT2D eigenvalue weighted by Crippen LogP contribution is -2.27. The van der Waals surface area contributed by atoms with Crippen molar-refractivity contribution in [2.75, 3.05) is 26.5 Å². The summed E-state index contributed by atoms with van der Waals surface area (Å²) in [6, 6.07) is 17.6. The van der Waals surface area contributed by atoms with Crippen LogP contribution in [0.15, 0.2) is 59.5 Å². The average Bonchev–Trinajstić information content (AvgIpc) is 2.72. The third-order valence-corrected chi connectivity index (χ3v) is 5.73. The van der Waals surface area contributed by atoms with Gasteiger partial charge in [0, 0.05) is 21.8 Å². The molecule has 0 aromatic heterocycles. The second kappa shape index (κ2) is 9.71. The summed E-state index contributed by atoms with van der Waals surface area (Å²) < 4.78 is 10.6. The maximum absolute atomic E-state index is 12.2. The molecule has 0 bridgehead atoms. The first-order chi connectivity index (χ1) is 13.6. The van der Waals surface area contributed by atoms with E-state index >= 15 is 0 Å². The van der Waals surface area contributed by atoms with Gasteiger partial charge in [-0.05, 0) is 41.6 Å². The summed E-state index contributed by atoms with van der Waals surface area (Å²) in [5.41, 5.74) is 1.08. The van der Waals surface area contributed by atoms with Gasteiger partial charge in [-0.3, -0.25) is 4.79 Å². The van der Waals surface area contributed by atoms with E-state index in [-0.39, 0.29) is 5.91 Å². The van der Waals surface area contributed by atoms with E-state index in [1.54, 1.807) is 14.2 Å². The Kier molecular flexibility index (Phi) is 7.06. The number of thioether (sulfide) groups is 1. The number of methoxy groups -OCH3 is 2. The Morgan fingerprint density at radius 3 is 2.54 bits per heavy atom. The molecule has 3 aromatic carbocycles. The van der Waals surface area contributed by atoms with E-state index in [1.165, 1.54) is 11.8 Å². The molecule has 4 nitrogen and oxygen atoms in total. The summed E-state index contributed by atoms with van der Waals surface area (Å²) in [7, 11) is 3.22. The molecule has 0 aliphatic carbocycles. The molecular weight excluding hydrogens is 394 g/mol. The van der Waals surface area contributed by atoms with Crippen molar-refractivity contribution in [2.45, 2.75) is 11.3 Å². The highest BCUT2D eigenvalue weighted by atomic mass is 35.5. The van der Waals surface area contributed by atoms with Crippen molar-refractivity contribution in [3.63, 3.8) is 0 Å². The van der Waals surface area contributed by atoms with Crippen LogP contribution in [0.2, 0.25) is 5.02 Å². The zero-order chi connectivity index (χ0) is 19.9. The van der Waals surface area contributed by atoms with Crippen molar-refractivity contribution in [3.8, 4) is 11.5 Å². The highest BCUT2D eigenvalue weighted by molar-refractivity contribution is 8.00. The fraction of sp³-hybridized carbons (Fsp3) is 0.227. The summed E-state index contributed by atoms with van der Waals surface area (Å²) in [6.45, 7) is 0.561. The summed E-state index contributed by atoms with van der Waals surface area (Å²) in [5.74, 6) is 1.72. The Bertz CT molecular complexity index is 972. The lowest BCUT2D eigenvalue weighted by Gasteiger charge is -2.10. The van der Waals surface area contributed by atoms with Crippen LogP contribution in [0.5, 0.6) is 11.5 Å². The molecular formula is C22H22ClNO3S. The zero-order valence-corrected chi connectivity index (χ0v) is 17.4. The quantitative estimate of drug-likeness (QED) is 0.528. The van der Waals surface area contributed by atoms with Crippen LogP contribution in [-0.4, -0.2) is 32.4 Å². The largest absolute Gasteiger partial charge is 0.493 e. The maximum Gasteiger partial charge on any atom is 0.230 e. The van der Waals surface area contributed by atoms with Gasteiger partial charge >= 0.3 is 0 Å². The monoisotopic (exact) mass is 415 g/mol. The van der Waals surface area contributed by atoms with Crippen molar-refractivity contribution < 1.29 is 14.3 Å². The third-order valence-electron chi connectivity index (χ3n) is 4.36. The van der Waals surface area contributed by atoms with Gasteiger partial charge in [-0.25, -0.2) is 0 Å². The Hall–Kier alpha value is -2.37. The van der Waals surface area contributed by atoms with E-state index in [4.69, 9.17) is 21.1 Å². The normalized spacial score (nSPS) is 10.7. The standard InChI is InChI=1S/C22H22ClNO3S/c1-26-18-10-9-15(13-19(18)27-2)11-12-24-21(25)14-28-20-8-4-6-16-5-3-7-17(23)22(16)20/h3-10,13H,11-12,14H2,1-2H3,(H,24,25). The Labute approximate surface area is 174 Å². The van der Waals surface area contributed by atoms with Crippen LogP contribution in [0.3, 0.4) is 0 Å². The van der Waals surface area contributed by atoms with Gasteiger partial charge in [-0.15, -0.1) is 11.8 Å². The molecule has 0 spiro atoms. The van der Waals surface area contributed by atoms with Crippen molar-refractivity contribution >= 4 is 40.0 Å². The summed E-state index contributed by atoms with van der Waals surface area (Å²) in [5, 5.41) is 5.74. The number of benzene rings is 3. The predicted molar refractivity (Wildman–Crippen MR) is 116 cm³/mol. The first-order valence-electron chi connectivity index (χ1n) is 8.90. The molecule has 1 amide bonds. The SMILES string of the molecule is COc1ccc(CCNC(=O)CSc2cccc3cccc(Cl)c23)cc1OC. The number of nitrogens with one attached hydrogen (secondary N) is 1. The fourth-order valence-corrected chi connectivity index (χ4v) is 4.23. The van der Waals surface area contributed by atoms with Crippen molar-refractivity contribution in [2.24, 2.45) is 0 Å². The number of hydrogen-bond donors (Lipinski definition) is 1. The second-order valence-electron chi connectivity index (χ2n) is 6.17.